The van der Waals surface area contributed by atoms with Crippen molar-refractivity contribution in [1.82, 2.24) is 0 Å². The summed E-state index contributed by atoms with van der Waals surface area (Å²) < 4.78 is 0. The van der Waals surface area contributed by atoms with Gasteiger partial charge in [0.25, 0.3) is 0 Å². The Balaban J connectivity index is 0. The minimum Gasteiger partial charge on any atom is -0.484 e. The van der Waals surface area contributed by atoms with E-state index < -0.39 is 0 Å². The van der Waals surface area contributed by atoms with E-state index in [0.29, 0.717) is 0 Å². The standard InChI is InChI=1S/C2H6N.Na/c1-2-3;/h2H,3H2,1H3;/q-1;+1. The van der Waals surface area contributed by atoms with Crippen LogP contribution in [-0.2, 0) is 0 Å². The molecule has 0 bridgehead atoms. The van der Waals surface area contributed by atoms with Gasteiger partial charge in [-0.1, -0.05) is 0 Å². The van der Waals surface area contributed by atoms with E-state index in [9.17, 15) is 0 Å². The molecule has 0 saturated carbocycles. The summed E-state index contributed by atoms with van der Waals surface area (Å²) in [5, 5.41) is 0. The van der Waals surface area contributed by atoms with Gasteiger partial charge in [-0.25, -0.2) is 0 Å². The molecule has 20 valence electrons. The van der Waals surface area contributed by atoms with Gasteiger partial charge in [-0.15, -0.1) is 0 Å². The first-order valence-electron chi connectivity index (χ1n) is 0.911. The summed E-state index contributed by atoms with van der Waals surface area (Å²) >= 11 is 0. The van der Waals surface area contributed by atoms with Crippen LogP contribution >= 0.6 is 0 Å². The Morgan fingerprint density at radius 1 is 1.75 bits per heavy atom. The Morgan fingerprint density at radius 2 is 1.75 bits per heavy atom. The minimum absolute atomic E-state index is 0. The van der Waals surface area contributed by atoms with E-state index in [1.54, 1.807) is 6.92 Å². The molecule has 0 saturated heterocycles. The molecule has 0 aromatic rings. The van der Waals surface area contributed by atoms with Crippen LogP contribution in [0.15, 0.2) is 0 Å². The summed E-state index contributed by atoms with van der Waals surface area (Å²) in [5.41, 5.74) is 4.72. The van der Waals surface area contributed by atoms with Crippen molar-refractivity contribution in [2.45, 2.75) is 6.92 Å². The third-order valence-corrected chi connectivity index (χ3v) is 0. The molecule has 0 aliphatic rings. The van der Waals surface area contributed by atoms with Gasteiger partial charge in [0.15, 0.2) is 0 Å². The molecule has 2 heteroatoms. The summed E-state index contributed by atoms with van der Waals surface area (Å²) in [6.07, 6.45) is 0. The molecule has 0 aliphatic carbocycles. The van der Waals surface area contributed by atoms with Crippen molar-refractivity contribution < 1.29 is 29.6 Å². The van der Waals surface area contributed by atoms with Crippen molar-refractivity contribution in [1.29, 1.82) is 0 Å². The monoisotopic (exact) mass is 67.0 g/mol. The summed E-state index contributed by atoms with van der Waals surface area (Å²) in [4.78, 5) is 0. The smallest absolute Gasteiger partial charge is 0.484 e. The van der Waals surface area contributed by atoms with Gasteiger partial charge in [-0.3, -0.25) is 6.54 Å². The van der Waals surface area contributed by atoms with Crippen molar-refractivity contribution in [2.24, 2.45) is 5.73 Å². The maximum absolute atomic E-state index is 4.72. The molecular formula is C2H6NNa. The van der Waals surface area contributed by atoms with E-state index in [0.717, 1.165) is 0 Å². The van der Waals surface area contributed by atoms with Crippen LogP contribution in [0.5, 0.6) is 0 Å². The van der Waals surface area contributed by atoms with Crippen LogP contribution in [0.2, 0.25) is 0 Å². The third-order valence-electron chi connectivity index (χ3n) is 0. The molecule has 0 aromatic carbocycles. The zero-order valence-corrected chi connectivity index (χ0v) is 5.15. The molecule has 0 atom stereocenters. The second kappa shape index (κ2) is 9.03. The topological polar surface area (TPSA) is 26.0 Å². The SMILES string of the molecule is C[CH-]N.[Na+]. The summed E-state index contributed by atoms with van der Waals surface area (Å²) in [6, 6.07) is 0. The molecule has 0 spiro atoms. The number of nitrogens with two attached hydrogens (primary N) is 1. The normalized spacial score (nSPS) is 4.50. The quantitative estimate of drug-likeness (QED) is 0.239. The Labute approximate surface area is 48.9 Å². The van der Waals surface area contributed by atoms with E-state index in [2.05, 4.69) is 0 Å². The van der Waals surface area contributed by atoms with E-state index in [4.69, 9.17) is 5.73 Å². The molecule has 0 fully saturated rings. The van der Waals surface area contributed by atoms with Crippen molar-refractivity contribution in [3.05, 3.63) is 6.54 Å². The average Bonchev–Trinajstić information content (AvgIpc) is 0.918. The number of hydrogen-bond acceptors (Lipinski definition) is 1. The van der Waals surface area contributed by atoms with Gasteiger partial charge in [0.1, 0.15) is 0 Å². The van der Waals surface area contributed by atoms with Crippen molar-refractivity contribution in [3.63, 3.8) is 0 Å². The summed E-state index contributed by atoms with van der Waals surface area (Å²) in [6.45, 7) is 3.28. The molecule has 0 aromatic heterocycles. The van der Waals surface area contributed by atoms with Crippen molar-refractivity contribution >= 4 is 0 Å². The largest absolute Gasteiger partial charge is 1.00 e. The fourth-order valence-electron chi connectivity index (χ4n) is 0. The first-order chi connectivity index (χ1) is 1.41. The average molecular weight is 67.1 g/mol. The van der Waals surface area contributed by atoms with Gasteiger partial charge in [-0.05, 0) is 0 Å². The Morgan fingerprint density at radius 3 is 1.75 bits per heavy atom. The first kappa shape index (κ1) is 8.88. The fraction of sp³-hybridized carbons (Fsp3) is 0.500. The van der Waals surface area contributed by atoms with E-state index >= 15 is 0 Å². The molecular weight excluding hydrogens is 61.0 g/mol. The Bertz CT molecular complexity index is 6.00. The van der Waals surface area contributed by atoms with Crippen LogP contribution in [0, 0.1) is 6.54 Å². The zero-order chi connectivity index (χ0) is 2.71. The summed E-state index contributed by atoms with van der Waals surface area (Å²) in [5.74, 6) is 0. The molecule has 1 nitrogen and oxygen atoms in total. The predicted molar refractivity (Wildman–Crippen MR) is 14.2 cm³/mol. The third kappa shape index (κ3) is 12.3. The predicted octanol–water partition coefficient (Wildman–Crippen LogP) is -2.87. The first-order valence-corrected chi connectivity index (χ1v) is 0.911. The molecule has 0 rings (SSSR count). The van der Waals surface area contributed by atoms with Gasteiger partial charge < -0.3 is 5.73 Å². The second-order valence-electron chi connectivity index (χ2n) is 0.333. The second-order valence-corrected chi connectivity index (χ2v) is 0.333. The van der Waals surface area contributed by atoms with Gasteiger partial charge in [0.2, 0.25) is 0 Å². The van der Waals surface area contributed by atoms with Crippen LogP contribution in [-0.4, -0.2) is 0 Å². The number of hydrogen-bond donors (Lipinski definition) is 1. The van der Waals surface area contributed by atoms with Gasteiger partial charge in [0.05, 0.1) is 0 Å². The van der Waals surface area contributed by atoms with Crippen LogP contribution < -0.4 is 35.3 Å². The molecule has 0 aliphatic heterocycles. The van der Waals surface area contributed by atoms with Crippen LogP contribution in [0.1, 0.15) is 6.92 Å². The number of rotatable bonds is 0. The van der Waals surface area contributed by atoms with Crippen LogP contribution in [0.25, 0.3) is 0 Å². The van der Waals surface area contributed by atoms with E-state index in [-0.39, 0.29) is 29.6 Å². The van der Waals surface area contributed by atoms with Crippen LogP contribution in [0.3, 0.4) is 0 Å². The molecule has 0 unspecified atom stereocenters. The van der Waals surface area contributed by atoms with Gasteiger partial charge in [0, 0.05) is 0 Å². The van der Waals surface area contributed by atoms with Crippen molar-refractivity contribution in [3.8, 4) is 0 Å². The van der Waals surface area contributed by atoms with Gasteiger partial charge in [-0.2, -0.15) is 6.92 Å². The Hall–Kier alpha value is 0.960. The van der Waals surface area contributed by atoms with Gasteiger partial charge >= 0.3 is 29.6 Å². The fourth-order valence-corrected chi connectivity index (χ4v) is 0. The molecule has 0 radical (unpaired) electrons. The molecule has 4 heavy (non-hydrogen) atoms. The zero-order valence-electron chi connectivity index (χ0n) is 3.15. The summed E-state index contributed by atoms with van der Waals surface area (Å²) in [7, 11) is 0. The maximum atomic E-state index is 4.72. The molecule has 0 amide bonds. The minimum atomic E-state index is 0. The van der Waals surface area contributed by atoms with Crippen molar-refractivity contribution in [2.75, 3.05) is 0 Å². The van der Waals surface area contributed by atoms with E-state index in [1.807, 2.05) is 0 Å². The molecule has 2 N–H and O–H groups in total. The van der Waals surface area contributed by atoms with Crippen LogP contribution in [0.4, 0.5) is 0 Å². The Kier molecular flexibility index (Phi) is 20.0. The maximum Gasteiger partial charge on any atom is 1.00 e. The van der Waals surface area contributed by atoms with E-state index in [1.165, 1.54) is 6.54 Å². The molecule has 0 heterocycles.